The summed E-state index contributed by atoms with van der Waals surface area (Å²) >= 11 is 0. The number of alkyl halides is 3. The van der Waals surface area contributed by atoms with Crippen LogP contribution in [0.5, 0.6) is 5.75 Å². The van der Waals surface area contributed by atoms with E-state index in [9.17, 15) is 26.4 Å². The number of halogens is 3. The summed E-state index contributed by atoms with van der Waals surface area (Å²) in [6.07, 6.45) is -4.92. The number of carbonyl (C=O) groups excluding carboxylic acids is 1. The zero-order chi connectivity index (χ0) is 22.6. The number of benzene rings is 3. The molecule has 6 nitrogen and oxygen atoms in total. The molecular formula is C21H17F3N2O4S. The third-order valence-corrected chi connectivity index (χ3v) is 5.56. The van der Waals surface area contributed by atoms with E-state index in [-0.39, 0.29) is 16.1 Å². The van der Waals surface area contributed by atoms with Crippen LogP contribution < -0.4 is 14.8 Å². The van der Waals surface area contributed by atoms with Crippen LogP contribution in [0, 0.1) is 6.92 Å². The summed E-state index contributed by atoms with van der Waals surface area (Å²) in [6.45, 7) is 1.76. The number of ether oxygens (including phenoxy) is 1. The van der Waals surface area contributed by atoms with Gasteiger partial charge in [0.05, 0.1) is 16.3 Å². The number of carbonyl (C=O) groups is 1. The Labute approximate surface area is 176 Å². The largest absolute Gasteiger partial charge is 0.573 e. The summed E-state index contributed by atoms with van der Waals surface area (Å²) in [6, 6.07) is 16.9. The molecule has 3 rings (SSSR count). The van der Waals surface area contributed by atoms with Gasteiger partial charge in [-0.05, 0) is 55.0 Å². The first-order valence-corrected chi connectivity index (χ1v) is 10.4. The minimum Gasteiger partial charge on any atom is -0.404 e. The van der Waals surface area contributed by atoms with Crippen LogP contribution in [0.4, 0.5) is 24.5 Å². The summed E-state index contributed by atoms with van der Waals surface area (Å²) in [5.74, 6) is -1.29. The van der Waals surface area contributed by atoms with Gasteiger partial charge in [-0.25, -0.2) is 8.42 Å². The van der Waals surface area contributed by atoms with Crippen molar-refractivity contribution in [2.24, 2.45) is 0 Å². The molecule has 3 aromatic rings. The molecule has 3 aromatic carbocycles. The molecule has 31 heavy (non-hydrogen) atoms. The maximum Gasteiger partial charge on any atom is 0.573 e. The van der Waals surface area contributed by atoms with Gasteiger partial charge < -0.3 is 10.1 Å². The van der Waals surface area contributed by atoms with Gasteiger partial charge in [-0.2, -0.15) is 0 Å². The average molecular weight is 450 g/mol. The third kappa shape index (κ3) is 5.76. The molecule has 0 saturated carbocycles. The van der Waals surface area contributed by atoms with Crippen molar-refractivity contribution in [3.05, 3.63) is 83.9 Å². The van der Waals surface area contributed by atoms with Crippen LogP contribution in [0.3, 0.4) is 0 Å². The highest BCUT2D eigenvalue weighted by Crippen LogP contribution is 2.30. The lowest BCUT2D eigenvalue weighted by Gasteiger charge is -2.14. The molecule has 0 radical (unpaired) electrons. The minimum atomic E-state index is -4.92. The Bertz CT molecular complexity index is 1190. The Balaban J connectivity index is 1.76. The molecule has 10 heteroatoms. The normalized spacial score (nSPS) is 11.6. The molecule has 0 aliphatic carbocycles. The molecule has 0 atom stereocenters. The molecule has 0 aliphatic rings. The maximum absolute atomic E-state index is 12.6. The molecule has 0 heterocycles. The Morgan fingerprint density at radius 2 is 1.45 bits per heavy atom. The van der Waals surface area contributed by atoms with Gasteiger partial charge in [-0.1, -0.05) is 30.3 Å². The summed E-state index contributed by atoms with van der Waals surface area (Å²) in [4.78, 5) is 12.3. The van der Waals surface area contributed by atoms with E-state index in [0.29, 0.717) is 5.69 Å². The maximum atomic E-state index is 12.6. The van der Waals surface area contributed by atoms with Crippen molar-refractivity contribution in [2.45, 2.75) is 18.2 Å². The van der Waals surface area contributed by atoms with Crippen LogP contribution in [0.15, 0.2) is 77.7 Å². The van der Waals surface area contributed by atoms with E-state index in [1.165, 1.54) is 42.5 Å². The number of nitrogens with one attached hydrogen (secondary N) is 2. The van der Waals surface area contributed by atoms with Crippen molar-refractivity contribution in [3.63, 3.8) is 0 Å². The highest BCUT2D eigenvalue weighted by atomic mass is 32.2. The molecular weight excluding hydrogens is 433 g/mol. The van der Waals surface area contributed by atoms with Crippen LogP contribution in [-0.4, -0.2) is 20.7 Å². The molecule has 0 fully saturated rings. The first-order valence-electron chi connectivity index (χ1n) is 8.90. The lowest BCUT2D eigenvalue weighted by atomic mass is 10.2. The number of hydrogen-bond acceptors (Lipinski definition) is 4. The fraction of sp³-hybridized carbons (Fsp3) is 0.0952. The van der Waals surface area contributed by atoms with Gasteiger partial charge in [-0.15, -0.1) is 13.2 Å². The molecule has 2 N–H and O–H groups in total. The second-order valence-corrected chi connectivity index (χ2v) is 8.13. The number of anilines is 2. The van der Waals surface area contributed by atoms with Crippen LogP contribution in [0.2, 0.25) is 0 Å². The van der Waals surface area contributed by atoms with Gasteiger partial charge >= 0.3 is 6.36 Å². The van der Waals surface area contributed by atoms with Crippen molar-refractivity contribution in [3.8, 4) is 5.75 Å². The van der Waals surface area contributed by atoms with Crippen molar-refractivity contribution < 1.29 is 31.1 Å². The van der Waals surface area contributed by atoms with Crippen molar-refractivity contribution in [1.82, 2.24) is 0 Å². The molecule has 0 unspecified atom stereocenters. The van der Waals surface area contributed by atoms with Gasteiger partial charge in [0.1, 0.15) is 0 Å². The Morgan fingerprint density at radius 1 is 0.871 bits per heavy atom. The highest BCUT2D eigenvalue weighted by Gasteiger charge is 2.32. The zero-order valence-electron chi connectivity index (χ0n) is 16.1. The van der Waals surface area contributed by atoms with Crippen LogP contribution in [0.25, 0.3) is 0 Å². The van der Waals surface area contributed by atoms with E-state index in [4.69, 9.17) is 0 Å². The molecule has 0 saturated heterocycles. The molecule has 1 amide bonds. The van der Waals surface area contributed by atoms with Crippen molar-refractivity contribution >= 4 is 27.3 Å². The molecule has 0 bridgehead atoms. The predicted molar refractivity (Wildman–Crippen MR) is 110 cm³/mol. The van der Waals surface area contributed by atoms with E-state index in [2.05, 4.69) is 14.8 Å². The summed E-state index contributed by atoms with van der Waals surface area (Å²) in [5, 5.41) is 2.33. The summed E-state index contributed by atoms with van der Waals surface area (Å²) < 4.78 is 69.1. The van der Waals surface area contributed by atoms with Crippen molar-refractivity contribution in [1.29, 1.82) is 0 Å². The molecule has 0 aliphatic heterocycles. The predicted octanol–water partition coefficient (Wildman–Crippen LogP) is 4.95. The third-order valence-electron chi connectivity index (χ3n) is 4.18. The lowest BCUT2D eigenvalue weighted by Crippen LogP contribution is -2.19. The number of rotatable bonds is 6. The van der Waals surface area contributed by atoms with Gasteiger partial charge in [0, 0.05) is 5.56 Å². The van der Waals surface area contributed by atoms with E-state index in [1.54, 1.807) is 31.2 Å². The van der Waals surface area contributed by atoms with E-state index in [0.717, 1.165) is 11.6 Å². The van der Waals surface area contributed by atoms with Crippen LogP contribution in [-0.2, 0) is 10.0 Å². The van der Waals surface area contributed by atoms with E-state index in [1.807, 2.05) is 0 Å². The average Bonchev–Trinajstić information content (AvgIpc) is 2.70. The van der Waals surface area contributed by atoms with Gasteiger partial charge in [0.15, 0.2) is 5.75 Å². The fourth-order valence-corrected chi connectivity index (χ4v) is 3.79. The van der Waals surface area contributed by atoms with Gasteiger partial charge in [-0.3, -0.25) is 9.52 Å². The van der Waals surface area contributed by atoms with Gasteiger partial charge in [0.2, 0.25) is 0 Å². The first-order chi connectivity index (χ1) is 14.5. The number of sulfonamides is 1. The smallest absolute Gasteiger partial charge is 0.404 e. The summed E-state index contributed by atoms with van der Waals surface area (Å²) in [5.41, 5.74) is 1.03. The molecule has 0 spiro atoms. The number of para-hydroxylation sites is 3. The number of hydrogen-bond donors (Lipinski definition) is 2. The quantitative estimate of drug-likeness (QED) is 0.557. The van der Waals surface area contributed by atoms with Gasteiger partial charge in [0.25, 0.3) is 15.9 Å². The number of amides is 1. The zero-order valence-corrected chi connectivity index (χ0v) is 16.9. The second-order valence-electron chi connectivity index (χ2n) is 6.44. The fourth-order valence-electron chi connectivity index (χ4n) is 2.65. The van der Waals surface area contributed by atoms with Crippen LogP contribution >= 0.6 is 0 Å². The number of aryl methyl sites for hydroxylation is 1. The Morgan fingerprint density at radius 3 is 2.06 bits per heavy atom. The molecule has 162 valence electrons. The SMILES string of the molecule is Cc1ccccc1NS(=O)(=O)c1ccc(C(=O)Nc2ccccc2OC(F)(F)F)cc1. The van der Waals surface area contributed by atoms with Crippen molar-refractivity contribution in [2.75, 3.05) is 10.0 Å². The van der Waals surface area contributed by atoms with E-state index >= 15 is 0 Å². The minimum absolute atomic E-state index is 0.0525. The molecule has 0 aromatic heterocycles. The monoisotopic (exact) mass is 450 g/mol. The van der Waals surface area contributed by atoms with Crippen LogP contribution in [0.1, 0.15) is 15.9 Å². The summed E-state index contributed by atoms with van der Waals surface area (Å²) in [7, 11) is -3.89. The Hall–Kier alpha value is -3.53. The first kappa shape index (κ1) is 22.2. The Kier molecular flexibility index (Phi) is 6.21. The lowest BCUT2D eigenvalue weighted by molar-refractivity contribution is -0.274. The topological polar surface area (TPSA) is 84.5 Å². The standard InChI is InChI=1S/C21H17F3N2O4S/c1-14-6-2-3-7-17(14)26-31(28,29)16-12-10-15(11-13-16)20(27)25-18-8-4-5-9-19(18)30-21(22,23)24/h2-13,26H,1H3,(H,25,27). The van der Waals surface area contributed by atoms with E-state index < -0.39 is 28.0 Å². The second kappa shape index (κ2) is 8.68. The highest BCUT2D eigenvalue weighted by molar-refractivity contribution is 7.92.